The van der Waals surface area contributed by atoms with Crippen LogP contribution in [-0.4, -0.2) is 32.8 Å². The summed E-state index contributed by atoms with van der Waals surface area (Å²) in [6.45, 7) is 2.06. The number of nitrogens with zero attached hydrogens (tertiary/aromatic N) is 1. The van der Waals surface area contributed by atoms with E-state index in [9.17, 15) is 0 Å². The van der Waals surface area contributed by atoms with Gasteiger partial charge in [-0.1, -0.05) is 30.3 Å². The van der Waals surface area contributed by atoms with Crippen LogP contribution >= 0.6 is 0 Å². The molecule has 0 spiro atoms. The summed E-state index contributed by atoms with van der Waals surface area (Å²) in [5.74, 6) is 1.22. The van der Waals surface area contributed by atoms with Crippen molar-refractivity contribution in [2.24, 2.45) is 10.7 Å². The van der Waals surface area contributed by atoms with Crippen molar-refractivity contribution >= 4 is 11.6 Å². The zero-order chi connectivity index (χ0) is 17.0. The van der Waals surface area contributed by atoms with Crippen molar-refractivity contribution in [2.75, 3.05) is 32.2 Å². The zero-order valence-electron chi connectivity index (χ0n) is 14.1. The number of aliphatic imine (C=N–C) groups is 1. The standard InChI is InChI=1S/C19H25N3O2/c1-23-18-10-8-17(9-11-18)22-19(20)21-13-5-14-24-15-12-16-6-3-2-4-7-16/h2-4,6-11H,5,12-15H2,1H3,(H3,20,21,22). The molecule has 0 heterocycles. The van der Waals surface area contributed by atoms with Crippen LogP contribution in [0.5, 0.6) is 5.75 Å². The lowest BCUT2D eigenvalue weighted by atomic mass is 10.2. The molecule has 0 aromatic heterocycles. The highest BCUT2D eigenvalue weighted by atomic mass is 16.5. The minimum atomic E-state index is 0.407. The van der Waals surface area contributed by atoms with Crippen molar-refractivity contribution in [2.45, 2.75) is 12.8 Å². The molecule has 0 saturated heterocycles. The topological polar surface area (TPSA) is 68.9 Å². The first-order valence-electron chi connectivity index (χ1n) is 8.10. The highest BCUT2D eigenvalue weighted by Crippen LogP contribution is 2.14. The van der Waals surface area contributed by atoms with Gasteiger partial charge in [0.1, 0.15) is 5.75 Å². The summed E-state index contributed by atoms with van der Waals surface area (Å²) < 4.78 is 10.7. The minimum absolute atomic E-state index is 0.407. The third-order valence-electron chi connectivity index (χ3n) is 3.47. The van der Waals surface area contributed by atoms with Gasteiger partial charge in [-0.05, 0) is 42.7 Å². The molecule has 0 amide bonds. The van der Waals surface area contributed by atoms with Crippen molar-refractivity contribution < 1.29 is 9.47 Å². The Morgan fingerprint density at radius 3 is 2.50 bits per heavy atom. The van der Waals surface area contributed by atoms with E-state index in [4.69, 9.17) is 15.2 Å². The van der Waals surface area contributed by atoms with Gasteiger partial charge in [0.15, 0.2) is 5.96 Å². The van der Waals surface area contributed by atoms with Gasteiger partial charge in [-0.3, -0.25) is 4.99 Å². The van der Waals surface area contributed by atoms with Gasteiger partial charge in [-0.2, -0.15) is 0 Å². The van der Waals surface area contributed by atoms with E-state index in [2.05, 4.69) is 22.4 Å². The van der Waals surface area contributed by atoms with Gasteiger partial charge in [0, 0.05) is 18.8 Å². The molecule has 24 heavy (non-hydrogen) atoms. The molecular formula is C19H25N3O2. The number of nitrogens with one attached hydrogen (secondary N) is 1. The van der Waals surface area contributed by atoms with Crippen LogP contribution in [0.3, 0.4) is 0 Å². The Morgan fingerprint density at radius 1 is 1.04 bits per heavy atom. The lowest BCUT2D eigenvalue weighted by molar-refractivity contribution is 0.136. The van der Waals surface area contributed by atoms with E-state index < -0.39 is 0 Å². The van der Waals surface area contributed by atoms with Gasteiger partial charge in [0.05, 0.1) is 13.7 Å². The second-order valence-electron chi connectivity index (χ2n) is 5.32. The quantitative estimate of drug-likeness (QED) is 0.422. The van der Waals surface area contributed by atoms with Crippen molar-refractivity contribution in [1.82, 2.24) is 0 Å². The molecule has 128 valence electrons. The van der Waals surface area contributed by atoms with E-state index >= 15 is 0 Å². The smallest absolute Gasteiger partial charge is 0.193 e. The average molecular weight is 327 g/mol. The fourth-order valence-electron chi connectivity index (χ4n) is 2.16. The van der Waals surface area contributed by atoms with Crippen LogP contribution in [0, 0.1) is 0 Å². The maximum atomic E-state index is 5.86. The maximum Gasteiger partial charge on any atom is 0.193 e. The van der Waals surface area contributed by atoms with E-state index in [0.717, 1.165) is 30.9 Å². The lowest BCUT2D eigenvalue weighted by Gasteiger charge is -2.07. The Balaban J connectivity index is 1.57. The van der Waals surface area contributed by atoms with Gasteiger partial charge >= 0.3 is 0 Å². The van der Waals surface area contributed by atoms with Crippen LogP contribution in [0.1, 0.15) is 12.0 Å². The number of rotatable bonds is 9. The minimum Gasteiger partial charge on any atom is -0.497 e. The van der Waals surface area contributed by atoms with E-state index in [1.807, 2.05) is 42.5 Å². The summed E-state index contributed by atoms with van der Waals surface area (Å²) >= 11 is 0. The average Bonchev–Trinajstić information content (AvgIpc) is 2.62. The summed E-state index contributed by atoms with van der Waals surface area (Å²) in [5.41, 5.74) is 8.04. The Labute approximate surface area is 143 Å². The van der Waals surface area contributed by atoms with Gasteiger partial charge in [0.2, 0.25) is 0 Å². The van der Waals surface area contributed by atoms with Crippen LogP contribution in [0.25, 0.3) is 0 Å². The fourth-order valence-corrected chi connectivity index (χ4v) is 2.16. The molecule has 0 bridgehead atoms. The first-order chi connectivity index (χ1) is 11.8. The SMILES string of the molecule is COc1ccc(NC(N)=NCCCOCCc2ccccc2)cc1. The Bertz CT molecular complexity index is 612. The van der Waals surface area contributed by atoms with Crippen LogP contribution in [0.4, 0.5) is 5.69 Å². The Kier molecular flexibility index (Phi) is 7.63. The molecule has 0 aliphatic heterocycles. The van der Waals surface area contributed by atoms with Crippen LogP contribution in [0.15, 0.2) is 59.6 Å². The van der Waals surface area contributed by atoms with E-state index in [1.54, 1.807) is 7.11 Å². The molecule has 5 heteroatoms. The fraction of sp³-hybridized carbons (Fsp3) is 0.316. The van der Waals surface area contributed by atoms with Crippen molar-refractivity contribution in [3.8, 4) is 5.75 Å². The number of guanidine groups is 1. The van der Waals surface area contributed by atoms with Crippen LogP contribution in [-0.2, 0) is 11.2 Å². The molecule has 3 N–H and O–H groups in total. The number of benzene rings is 2. The number of nitrogens with two attached hydrogens (primary N) is 1. The van der Waals surface area contributed by atoms with E-state index in [-0.39, 0.29) is 0 Å². The van der Waals surface area contributed by atoms with Crippen molar-refractivity contribution in [1.29, 1.82) is 0 Å². The summed E-state index contributed by atoms with van der Waals surface area (Å²) in [7, 11) is 1.64. The highest BCUT2D eigenvalue weighted by Gasteiger charge is 1.96. The molecule has 0 saturated carbocycles. The van der Waals surface area contributed by atoms with Gasteiger partial charge in [-0.25, -0.2) is 0 Å². The largest absolute Gasteiger partial charge is 0.497 e. The van der Waals surface area contributed by atoms with E-state index in [0.29, 0.717) is 19.1 Å². The summed E-state index contributed by atoms with van der Waals surface area (Å²) in [6, 6.07) is 17.9. The molecule has 0 radical (unpaired) electrons. The highest BCUT2D eigenvalue weighted by molar-refractivity contribution is 5.92. The molecule has 0 aliphatic carbocycles. The molecule has 0 fully saturated rings. The first kappa shape index (κ1) is 17.8. The number of anilines is 1. The predicted octanol–water partition coefficient (Wildman–Crippen LogP) is 3.07. The number of ether oxygens (including phenoxy) is 2. The van der Waals surface area contributed by atoms with Gasteiger partial charge in [0.25, 0.3) is 0 Å². The van der Waals surface area contributed by atoms with Crippen molar-refractivity contribution in [3.05, 3.63) is 60.2 Å². The number of hydrogen-bond acceptors (Lipinski definition) is 3. The molecule has 2 rings (SSSR count). The predicted molar refractivity (Wildman–Crippen MR) is 98.7 cm³/mol. The monoisotopic (exact) mass is 327 g/mol. The summed E-state index contributed by atoms with van der Waals surface area (Å²) in [5, 5.41) is 3.05. The van der Waals surface area contributed by atoms with Gasteiger partial charge < -0.3 is 20.5 Å². The molecule has 0 aliphatic rings. The Morgan fingerprint density at radius 2 is 1.79 bits per heavy atom. The number of methoxy groups -OCH3 is 1. The first-order valence-corrected chi connectivity index (χ1v) is 8.10. The molecule has 5 nitrogen and oxygen atoms in total. The molecular weight excluding hydrogens is 302 g/mol. The normalized spacial score (nSPS) is 11.3. The molecule has 2 aromatic carbocycles. The zero-order valence-corrected chi connectivity index (χ0v) is 14.1. The molecule has 0 atom stereocenters. The van der Waals surface area contributed by atoms with Gasteiger partial charge in [-0.15, -0.1) is 0 Å². The lowest BCUT2D eigenvalue weighted by Crippen LogP contribution is -2.23. The summed E-state index contributed by atoms with van der Waals surface area (Å²) in [6.07, 6.45) is 1.78. The Hall–Kier alpha value is -2.53. The van der Waals surface area contributed by atoms with Crippen LogP contribution in [0.2, 0.25) is 0 Å². The second-order valence-corrected chi connectivity index (χ2v) is 5.32. The van der Waals surface area contributed by atoms with E-state index in [1.165, 1.54) is 5.56 Å². The van der Waals surface area contributed by atoms with Crippen molar-refractivity contribution in [3.63, 3.8) is 0 Å². The number of hydrogen-bond donors (Lipinski definition) is 2. The third-order valence-corrected chi connectivity index (χ3v) is 3.47. The summed E-state index contributed by atoms with van der Waals surface area (Å²) in [4.78, 5) is 4.29. The maximum absolute atomic E-state index is 5.86. The molecule has 0 unspecified atom stereocenters. The molecule has 2 aromatic rings. The second kappa shape index (κ2) is 10.3. The third kappa shape index (κ3) is 6.71. The van der Waals surface area contributed by atoms with Crippen LogP contribution < -0.4 is 15.8 Å².